The third-order valence-corrected chi connectivity index (χ3v) is 7.82. The molecule has 1 aromatic carbocycles. The zero-order valence-electron chi connectivity index (χ0n) is 29.2. The number of ether oxygens (including phenoxy) is 9. The van der Waals surface area contributed by atoms with Crippen LogP contribution in [0, 0.1) is 5.92 Å². The van der Waals surface area contributed by atoms with Crippen molar-refractivity contribution in [3.05, 3.63) is 88.3 Å². The van der Waals surface area contributed by atoms with E-state index in [2.05, 4.69) is 9.64 Å². The average molecular weight is 656 g/mol. The molecule has 1 aliphatic carbocycles. The van der Waals surface area contributed by atoms with Gasteiger partial charge in [-0.15, -0.1) is 0 Å². The van der Waals surface area contributed by atoms with Crippen molar-refractivity contribution >= 4 is 5.97 Å². The number of esters is 1. The second kappa shape index (κ2) is 18.1. The third-order valence-electron chi connectivity index (χ3n) is 7.82. The number of hydrogen-bond donors (Lipinski definition) is 0. The highest BCUT2D eigenvalue weighted by Crippen LogP contribution is 2.51. The second-order valence-electron chi connectivity index (χ2n) is 10.6. The van der Waals surface area contributed by atoms with Gasteiger partial charge < -0.3 is 42.6 Å². The van der Waals surface area contributed by atoms with Crippen molar-refractivity contribution in [2.45, 2.75) is 39.3 Å². The molecular formula is C36H49NO10. The Morgan fingerprint density at radius 3 is 2.40 bits per heavy atom. The number of allylic oxidation sites excluding steroid dienone is 3. The Labute approximate surface area is 278 Å². The lowest BCUT2D eigenvalue weighted by atomic mass is 9.85. The van der Waals surface area contributed by atoms with Crippen LogP contribution in [0.25, 0.3) is 0 Å². The molecule has 1 aromatic rings. The largest absolute Gasteiger partial charge is 0.500 e. The minimum Gasteiger partial charge on any atom is -0.500 e. The minimum absolute atomic E-state index is 0.0609. The number of carbonyl (C=O) groups excluding carboxylic acids is 1. The van der Waals surface area contributed by atoms with E-state index < -0.39 is 6.10 Å². The maximum atomic E-state index is 12.8. The smallest absolute Gasteiger partial charge is 0.334 e. The van der Waals surface area contributed by atoms with Crippen molar-refractivity contribution in [3.63, 3.8) is 0 Å². The van der Waals surface area contributed by atoms with Crippen LogP contribution in [-0.4, -0.2) is 86.6 Å². The molecule has 47 heavy (non-hydrogen) atoms. The summed E-state index contributed by atoms with van der Waals surface area (Å²) in [4.78, 5) is 15.0. The highest BCUT2D eigenvalue weighted by Gasteiger charge is 2.44. The summed E-state index contributed by atoms with van der Waals surface area (Å²) in [5.74, 6) is 3.17. The third kappa shape index (κ3) is 8.33. The van der Waals surface area contributed by atoms with Crippen LogP contribution in [-0.2, 0) is 39.6 Å². The van der Waals surface area contributed by atoms with Crippen LogP contribution in [0.5, 0.6) is 17.2 Å². The van der Waals surface area contributed by atoms with E-state index in [9.17, 15) is 4.79 Å². The monoisotopic (exact) mass is 655 g/mol. The number of fused-ring (bicyclic) bond motifs is 2. The lowest BCUT2D eigenvalue weighted by molar-refractivity contribution is -0.142. The fraction of sp³-hybridized carbons (Fsp3) is 0.472. The lowest BCUT2D eigenvalue weighted by Gasteiger charge is -2.38. The number of benzene rings is 1. The summed E-state index contributed by atoms with van der Waals surface area (Å²) in [5, 5.41) is 0. The molecule has 258 valence electrons. The molecule has 0 spiro atoms. The van der Waals surface area contributed by atoms with Crippen molar-refractivity contribution in [1.82, 2.24) is 4.90 Å². The molecule has 3 heterocycles. The Hall–Kier alpha value is -4.35. The first kappa shape index (κ1) is 37.1. The summed E-state index contributed by atoms with van der Waals surface area (Å²) < 4.78 is 49.6. The molecule has 0 radical (unpaired) electrons. The SMILES string of the molecule is CC.COC.COC1=CC(CO/C=C/C=C\C2=C(C)C(=O)OC2C2c3c(cc4c(c3OC)OCO4)CCN2C)C=CC(OC)=C1OC. The van der Waals surface area contributed by atoms with E-state index in [0.717, 1.165) is 29.7 Å². The van der Waals surface area contributed by atoms with Gasteiger partial charge in [-0.25, -0.2) is 4.79 Å². The van der Waals surface area contributed by atoms with Crippen LogP contribution in [0.1, 0.15) is 37.9 Å². The molecule has 0 bridgehead atoms. The van der Waals surface area contributed by atoms with Gasteiger partial charge in [0.1, 0.15) is 6.10 Å². The molecule has 0 amide bonds. The van der Waals surface area contributed by atoms with Crippen LogP contribution in [0.4, 0.5) is 0 Å². The first-order valence-corrected chi connectivity index (χ1v) is 15.6. The normalized spacial score (nSPS) is 21.7. The number of hydrogen-bond acceptors (Lipinski definition) is 11. The Morgan fingerprint density at radius 1 is 1.00 bits per heavy atom. The number of carbonyl (C=O) groups is 1. The highest BCUT2D eigenvalue weighted by molar-refractivity contribution is 5.92. The van der Waals surface area contributed by atoms with Crippen molar-refractivity contribution < 1.29 is 47.4 Å². The molecule has 0 aromatic heterocycles. The minimum atomic E-state index is -0.521. The van der Waals surface area contributed by atoms with Crippen molar-refractivity contribution in [2.24, 2.45) is 5.92 Å². The standard InChI is InChI=1S/C32H37NO9.C2H6O.C2H6/c1-19-22(9-7-8-14-39-17-20-10-11-23(35-3)29(37-5)24(15-20)36-4)28(42-32(19)34)27-26-21(12-13-33(27)2)16-25-30(31(26)38-6)41-18-40-25;1-3-2;1-2/h7-11,14-16,20,27-28H,12-13,17-18H2,1-6H3;1-2H3;1-2H3/b9-7-,14-8+;;. The van der Waals surface area contributed by atoms with Gasteiger partial charge in [-0.3, -0.25) is 4.90 Å². The van der Waals surface area contributed by atoms with Crippen molar-refractivity contribution in [1.29, 1.82) is 0 Å². The molecule has 3 unspecified atom stereocenters. The van der Waals surface area contributed by atoms with E-state index >= 15 is 0 Å². The van der Waals surface area contributed by atoms with Gasteiger partial charge in [0.25, 0.3) is 0 Å². The van der Waals surface area contributed by atoms with E-state index in [4.69, 9.17) is 37.9 Å². The average Bonchev–Trinajstić information content (AvgIpc) is 3.60. The van der Waals surface area contributed by atoms with E-state index in [-0.39, 0.29) is 24.7 Å². The predicted molar refractivity (Wildman–Crippen MR) is 178 cm³/mol. The number of nitrogens with zero attached hydrogens (tertiary/aromatic N) is 1. The van der Waals surface area contributed by atoms with E-state index in [1.165, 1.54) is 0 Å². The first-order valence-electron chi connectivity index (χ1n) is 15.6. The Bertz CT molecular complexity index is 1420. The molecule has 0 saturated carbocycles. The molecule has 0 saturated heterocycles. The Morgan fingerprint density at radius 2 is 1.74 bits per heavy atom. The summed E-state index contributed by atoms with van der Waals surface area (Å²) in [6.07, 6.45) is 13.2. The van der Waals surface area contributed by atoms with E-state index in [1.807, 2.05) is 57.3 Å². The number of likely N-dealkylation sites (N-methyl/N-ethyl adjacent to an activating group) is 1. The van der Waals surface area contributed by atoms with Crippen molar-refractivity contribution in [2.75, 3.05) is 69.7 Å². The fourth-order valence-corrected chi connectivity index (χ4v) is 5.69. The van der Waals surface area contributed by atoms with Gasteiger partial charge in [0.15, 0.2) is 23.0 Å². The van der Waals surface area contributed by atoms with Crippen LogP contribution in [0.15, 0.2) is 77.2 Å². The summed E-state index contributed by atoms with van der Waals surface area (Å²) in [6, 6.07) is 1.76. The number of cyclic esters (lactones) is 1. The number of methoxy groups -OCH3 is 5. The van der Waals surface area contributed by atoms with Gasteiger partial charge in [0, 0.05) is 43.4 Å². The van der Waals surface area contributed by atoms with E-state index in [0.29, 0.717) is 46.7 Å². The molecule has 5 rings (SSSR count). The van der Waals surface area contributed by atoms with Gasteiger partial charge in [-0.05, 0) is 50.3 Å². The topological polar surface area (TPSA) is 103 Å². The van der Waals surface area contributed by atoms with Gasteiger partial charge in [0.2, 0.25) is 18.3 Å². The molecule has 11 nitrogen and oxygen atoms in total. The van der Waals surface area contributed by atoms with E-state index in [1.54, 1.807) is 61.9 Å². The summed E-state index contributed by atoms with van der Waals surface area (Å²) in [7, 11) is 11.6. The maximum Gasteiger partial charge on any atom is 0.334 e. The maximum absolute atomic E-state index is 12.8. The van der Waals surface area contributed by atoms with Crippen molar-refractivity contribution in [3.8, 4) is 17.2 Å². The highest BCUT2D eigenvalue weighted by atomic mass is 16.7. The second-order valence-corrected chi connectivity index (χ2v) is 10.6. The van der Waals surface area contributed by atoms with Crippen LogP contribution in [0.2, 0.25) is 0 Å². The zero-order chi connectivity index (χ0) is 34.5. The van der Waals surface area contributed by atoms with Gasteiger partial charge in [-0.1, -0.05) is 32.1 Å². The number of rotatable bonds is 10. The van der Waals surface area contributed by atoms with Crippen LogP contribution in [0.3, 0.4) is 0 Å². The molecule has 11 heteroatoms. The van der Waals surface area contributed by atoms with Crippen LogP contribution >= 0.6 is 0 Å². The summed E-state index contributed by atoms with van der Waals surface area (Å²) >= 11 is 0. The van der Waals surface area contributed by atoms with Gasteiger partial charge in [-0.2, -0.15) is 0 Å². The lowest BCUT2D eigenvalue weighted by Crippen LogP contribution is -2.40. The first-order chi connectivity index (χ1) is 22.8. The van der Waals surface area contributed by atoms with Crippen LogP contribution < -0.4 is 14.2 Å². The zero-order valence-corrected chi connectivity index (χ0v) is 29.2. The Balaban J connectivity index is 0.00000114. The molecule has 3 aliphatic heterocycles. The molecule has 4 aliphatic rings. The molecule has 0 N–H and O–H groups in total. The molecule has 3 atom stereocenters. The quantitative estimate of drug-likeness (QED) is 0.174. The fourth-order valence-electron chi connectivity index (χ4n) is 5.69. The summed E-state index contributed by atoms with van der Waals surface area (Å²) in [6.45, 7) is 7.11. The molecule has 0 fully saturated rings. The van der Waals surface area contributed by atoms with Gasteiger partial charge >= 0.3 is 5.97 Å². The summed E-state index contributed by atoms with van der Waals surface area (Å²) in [5.41, 5.74) is 3.43. The predicted octanol–water partition coefficient (Wildman–Crippen LogP) is 5.79. The molecular weight excluding hydrogens is 606 g/mol. The Kier molecular flexibility index (Phi) is 14.3. The van der Waals surface area contributed by atoms with Gasteiger partial charge in [0.05, 0.1) is 47.3 Å².